The number of carbonyl (C=O) groups excluding carboxylic acids is 1. The van der Waals surface area contributed by atoms with Crippen molar-refractivity contribution in [2.24, 2.45) is 0 Å². The maximum absolute atomic E-state index is 12.7. The van der Waals surface area contributed by atoms with Crippen molar-refractivity contribution in [3.8, 4) is 22.3 Å². The molecule has 0 spiro atoms. The number of aromatic amines is 1. The van der Waals surface area contributed by atoms with Crippen LogP contribution in [0.25, 0.3) is 33.0 Å². The van der Waals surface area contributed by atoms with Crippen LogP contribution < -0.4 is 0 Å². The first-order chi connectivity index (χ1) is 12.3. The molecule has 0 atom stereocenters. The maximum atomic E-state index is 12.7. The van der Waals surface area contributed by atoms with Gasteiger partial charge in [-0.25, -0.2) is 4.79 Å². The van der Waals surface area contributed by atoms with E-state index in [2.05, 4.69) is 35.3 Å². The zero-order valence-corrected chi connectivity index (χ0v) is 13.5. The van der Waals surface area contributed by atoms with Gasteiger partial charge in [0.25, 0.3) is 0 Å². The second-order valence-corrected chi connectivity index (χ2v) is 6.22. The number of carbonyl (C=O) groups is 1. The Balaban J connectivity index is 1.54. The fourth-order valence-electron chi connectivity index (χ4n) is 3.65. The Morgan fingerprint density at radius 1 is 0.840 bits per heavy atom. The first-order valence-corrected chi connectivity index (χ1v) is 8.28. The van der Waals surface area contributed by atoms with Crippen LogP contribution in [0.1, 0.15) is 16.1 Å². The van der Waals surface area contributed by atoms with Crippen molar-refractivity contribution >= 4 is 16.7 Å². The minimum Gasteiger partial charge on any atom is -0.456 e. The van der Waals surface area contributed by atoms with Crippen LogP contribution in [0.2, 0.25) is 0 Å². The molecule has 0 saturated heterocycles. The normalized spacial score (nSPS) is 11.5. The molecule has 0 radical (unpaired) electrons. The average Bonchev–Trinajstić information content (AvgIpc) is 3.22. The van der Waals surface area contributed by atoms with Crippen molar-refractivity contribution in [1.82, 2.24) is 4.98 Å². The second kappa shape index (κ2) is 5.35. The van der Waals surface area contributed by atoms with Crippen molar-refractivity contribution in [2.45, 2.75) is 6.61 Å². The van der Waals surface area contributed by atoms with E-state index in [1.54, 1.807) is 0 Å². The standard InChI is InChI=1S/C22H15NO2/c24-22(25-13-14-6-2-1-3-7-14)21-20-17-11-5-9-15-8-4-10-16(19(15)17)18(20)12-23-21/h1-12,23H,13H2. The SMILES string of the molecule is O=C(OCc1ccccc1)c1[nH]cc2c1-c1cccc3cccc-2c13. The van der Waals surface area contributed by atoms with Gasteiger partial charge in [0.2, 0.25) is 0 Å². The van der Waals surface area contributed by atoms with Gasteiger partial charge in [0.15, 0.2) is 0 Å². The van der Waals surface area contributed by atoms with Crippen LogP contribution in [0.3, 0.4) is 0 Å². The number of H-pyrrole nitrogens is 1. The van der Waals surface area contributed by atoms with Gasteiger partial charge in [-0.15, -0.1) is 0 Å². The van der Waals surface area contributed by atoms with Crippen LogP contribution in [0.15, 0.2) is 72.9 Å². The van der Waals surface area contributed by atoms with Gasteiger partial charge in [-0.3, -0.25) is 0 Å². The molecule has 1 aromatic heterocycles. The molecule has 120 valence electrons. The molecular formula is C22H15NO2. The molecule has 3 aromatic carbocycles. The van der Waals surface area contributed by atoms with Crippen LogP contribution in [-0.4, -0.2) is 11.0 Å². The lowest BCUT2D eigenvalue weighted by Gasteiger charge is -2.06. The molecule has 1 N–H and O–H groups in total. The molecule has 1 aliphatic rings. The fraction of sp³-hybridized carbons (Fsp3) is 0.0455. The third-order valence-corrected chi connectivity index (χ3v) is 4.76. The van der Waals surface area contributed by atoms with Crippen molar-refractivity contribution < 1.29 is 9.53 Å². The Morgan fingerprint density at radius 2 is 1.60 bits per heavy atom. The number of esters is 1. The van der Waals surface area contributed by atoms with Crippen molar-refractivity contribution in [1.29, 1.82) is 0 Å². The molecule has 4 aromatic rings. The number of nitrogens with one attached hydrogen (secondary N) is 1. The highest BCUT2D eigenvalue weighted by Gasteiger charge is 2.28. The quantitative estimate of drug-likeness (QED) is 0.465. The Kier molecular flexibility index (Phi) is 3.01. The first-order valence-electron chi connectivity index (χ1n) is 8.28. The maximum Gasteiger partial charge on any atom is 0.355 e. The number of rotatable bonds is 3. The number of benzene rings is 3. The van der Waals surface area contributed by atoms with Crippen LogP contribution >= 0.6 is 0 Å². The average molecular weight is 325 g/mol. The van der Waals surface area contributed by atoms with E-state index in [4.69, 9.17) is 4.74 Å². The molecule has 0 amide bonds. The van der Waals surface area contributed by atoms with E-state index in [0.717, 1.165) is 22.3 Å². The second-order valence-electron chi connectivity index (χ2n) is 6.22. The zero-order chi connectivity index (χ0) is 16.8. The number of fused-ring (bicyclic) bond motifs is 3. The smallest absolute Gasteiger partial charge is 0.355 e. The summed E-state index contributed by atoms with van der Waals surface area (Å²) in [5, 5.41) is 2.40. The Labute approximate surface area is 144 Å². The van der Waals surface area contributed by atoms with Crippen molar-refractivity contribution in [3.05, 3.63) is 84.2 Å². The van der Waals surface area contributed by atoms with E-state index in [9.17, 15) is 4.79 Å². The topological polar surface area (TPSA) is 42.1 Å². The lowest BCUT2D eigenvalue weighted by Crippen LogP contribution is -2.06. The van der Waals surface area contributed by atoms with Crippen LogP contribution in [0.4, 0.5) is 0 Å². The molecule has 0 saturated carbocycles. The third-order valence-electron chi connectivity index (χ3n) is 4.76. The minimum absolute atomic E-state index is 0.268. The monoisotopic (exact) mass is 325 g/mol. The Bertz CT molecular complexity index is 1100. The van der Waals surface area contributed by atoms with E-state index >= 15 is 0 Å². The highest BCUT2D eigenvalue weighted by Crippen LogP contribution is 2.48. The molecule has 0 bridgehead atoms. The predicted octanol–water partition coefficient (Wildman–Crippen LogP) is 5.17. The minimum atomic E-state index is -0.324. The Hall–Kier alpha value is -3.33. The van der Waals surface area contributed by atoms with Crippen LogP contribution in [0, 0.1) is 0 Å². The summed E-state index contributed by atoms with van der Waals surface area (Å²) < 4.78 is 5.52. The van der Waals surface area contributed by atoms with E-state index in [-0.39, 0.29) is 12.6 Å². The molecule has 1 heterocycles. The largest absolute Gasteiger partial charge is 0.456 e. The first kappa shape index (κ1) is 14.1. The van der Waals surface area contributed by atoms with Crippen LogP contribution in [-0.2, 0) is 11.3 Å². The summed E-state index contributed by atoms with van der Waals surface area (Å²) in [5.74, 6) is -0.324. The molecule has 25 heavy (non-hydrogen) atoms. The van der Waals surface area contributed by atoms with E-state index in [0.29, 0.717) is 5.69 Å². The lowest BCUT2D eigenvalue weighted by molar-refractivity contribution is 0.0467. The number of ether oxygens (including phenoxy) is 1. The van der Waals surface area contributed by atoms with Crippen molar-refractivity contribution in [3.63, 3.8) is 0 Å². The van der Waals surface area contributed by atoms with E-state index in [1.165, 1.54) is 16.3 Å². The molecule has 1 aliphatic carbocycles. The summed E-state index contributed by atoms with van der Waals surface area (Å²) in [6, 6.07) is 22.2. The molecule has 0 fully saturated rings. The molecule has 5 rings (SSSR count). The van der Waals surface area contributed by atoms with Gasteiger partial charge >= 0.3 is 5.97 Å². The van der Waals surface area contributed by atoms with E-state index in [1.807, 2.05) is 42.6 Å². The van der Waals surface area contributed by atoms with Gasteiger partial charge in [-0.05, 0) is 27.5 Å². The summed E-state index contributed by atoms with van der Waals surface area (Å²) >= 11 is 0. The van der Waals surface area contributed by atoms with Gasteiger partial charge in [-0.1, -0.05) is 66.7 Å². The summed E-state index contributed by atoms with van der Waals surface area (Å²) in [5.41, 5.74) is 5.78. The summed E-state index contributed by atoms with van der Waals surface area (Å²) in [4.78, 5) is 15.8. The lowest BCUT2D eigenvalue weighted by atomic mass is 10.0. The fourth-order valence-corrected chi connectivity index (χ4v) is 3.65. The summed E-state index contributed by atoms with van der Waals surface area (Å²) in [7, 11) is 0. The van der Waals surface area contributed by atoms with Crippen LogP contribution in [0.5, 0.6) is 0 Å². The number of aromatic nitrogens is 1. The van der Waals surface area contributed by atoms with E-state index < -0.39 is 0 Å². The number of hydrogen-bond donors (Lipinski definition) is 1. The van der Waals surface area contributed by atoms with Crippen molar-refractivity contribution in [2.75, 3.05) is 0 Å². The highest BCUT2D eigenvalue weighted by atomic mass is 16.5. The van der Waals surface area contributed by atoms with Gasteiger partial charge in [0.1, 0.15) is 12.3 Å². The van der Waals surface area contributed by atoms with Gasteiger partial charge in [0, 0.05) is 17.3 Å². The Morgan fingerprint density at radius 3 is 2.40 bits per heavy atom. The predicted molar refractivity (Wildman–Crippen MR) is 98.3 cm³/mol. The van der Waals surface area contributed by atoms with Gasteiger partial charge in [0.05, 0.1) is 0 Å². The summed E-state index contributed by atoms with van der Waals surface area (Å²) in [6.45, 7) is 0.268. The molecule has 0 aliphatic heterocycles. The summed E-state index contributed by atoms with van der Waals surface area (Å²) in [6.07, 6.45) is 1.91. The van der Waals surface area contributed by atoms with Gasteiger partial charge in [-0.2, -0.15) is 0 Å². The highest BCUT2D eigenvalue weighted by molar-refractivity contribution is 6.18. The van der Waals surface area contributed by atoms with Gasteiger partial charge < -0.3 is 9.72 Å². The third kappa shape index (κ3) is 2.09. The number of hydrogen-bond acceptors (Lipinski definition) is 2. The molecule has 3 heteroatoms. The molecule has 0 unspecified atom stereocenters. The molecular weight excluding hydrogens is 310 g/mol. The zero-order valence-electron chi connectivity index (χ0n) is 13.5. The molecule has 3 nitrogen and oxygen atoms in total.